The molecule has 0 aliphatic carbocycles. The van der Waals surface area contributed by atoms with Gasteiger partial charge in [-0.1, -0.05) is 6.07 Å². The molecule has 0 atom stereocenters. The average molecular weight is 335 g/mol. The van der Waals surface area contributed by atoms with Crippen LogP contribution in [0.15, 0.2) is 41.7 Å². The third-order valence-corrected chi connectivity index (χ3v) is 3.35. The van der Waals surface area contributed by atoms with Gasteiger partial charge < -0.3 is 5.32 Å². The number of halogens is 3. The topological polar surface area (TPSA) is 54.4 Å². The van der Waals surface area contributed by atoms with E-state index in [1.165, 1.54) is 25.4 Å². The van der Waals surface area contributed by atoms with Gasteiger partial charge in [0.25, 0.3) is 0 Å². The number of amides is 1. The van der Waals surface area contributed by atoms with Crippen LogP contribution in [0.5, 0.6) is 0 Å². The molecule has 1 aromatic carbocycles. The van der Waals surface area contributed by atoms with Crippen molar-refractivity contribution in [2.45, 2.75) is 26.9 Å². The van der Waals surface area contributed by atoms with Gasteiger partial charge in [-0.15, -0.1) is 0 Å². The van der Waals surface area contributed by atoms with Gasteiger partial charge in [-0.2, -0.15) is 13.2 Å². The second kappa shape index (κ2) is 6.82. The molecule has 1 heterocycles. The molecule has 1 amide bonds. The van der Waals surface area contributed by atoms with Crippen LogP contribution in [0.3, 0.4) is 0 Å². The van der Waals surface area contributed by atoms with Crippen LogP contribution in [0.25, 0.3) is 0 Å². The molecular formula is C17H16F3N3O. The highest BCUT2D eigenvalue weighted by molar-refractivity contribution is 6.07. The summed E-state index contributed by atoms with van der Waals surface area (Å²) < 4.78 is 38.6. The second-order valence-corrected chi connectivity index (χ2v) is 5.30. The number of hydrogen-bond donors (Lipinski definition) is 1. The number of hydrogen-bond acceptors (Lipinski definition) is 3. The predicted molar refractivity (Wildman–Crippen MR) is 86.6 cm³/mol. The third-order valence-electron chi connectivity index (χ3n) is 3.35. The highest BCUT2D eigenvalue weighted by Gasteiger charge is 2.30. The van der Waals surface area contributed by atoms with Crippen molar-refractivity contribution in [3.63, 3.8) is 0 Å². The number of carbonyl (C=O) groups is 1. The molecule has 2 rings (SSSR count). The summed E-state index contributed by atoms with van der Waals surface area (Å²) in [4.78, 5) is 19.5. The van der Waals surface area contributed by atoms with Crippen LogP contribution in [0.2, 0.25) is 0 Å². The Morgan fingerprint density at radius 1 is 1.21 bits per heavy atom. The maximum atomic E-state index is 12.9. The maximum absolute atomic E-state index is 12.9. The Labute approximate surface area is 137 Å². The van der Waals surface area contributed by atoms with E-state index in [2.05, 4.69) is 15.3 Å². The van der Waals surface area contributed by atoms with Gasteiger partial charge in [0.15, 0.2) is 0 Å². The largest absolute Gasteiger partial charge is 0.416 e. The quantitative estimate of drug-likeness (QED) is 0.839. The molecule has 24 heavy (non-hydrogen) atoms. The zero-order chi connectivity index (χ0) is 17.9. The van der Waals surface area contributed by atoms with Crippen LogP contribution in [0.1, 0.15) is 30.5 Å². The fourth-order valence-corrected chi connectivity index (χ4v) is 2.15. The molecule has 1 N–H and O–H groups in total. The van der Waals surface area contributed by atoms with Crippen molar-refractivity contribution in [2.24, 2.45) is 4.99 Å². The van der Waals surface area contributed by atoms with Gasteiger partial charge in [0.1, 0.15) is 0 Å². The second-order valence-electron chi connectivity index (χ2n) is 5.30. The zero-order valence-corrected chi connectivity index (χ0v) is 13.4. The van der Waals surface area contributed by atoms with E-state index >= 15 is 0 Å². The monoisotopic (exact) mass is 335 g/mol. The van der Waals surface area contributed by atoms with Crippen molar-refractivity contribution in [3.8, 4) is 0 Å². The molecule has 0 bridgehead atoms. The maximum Gasteiger partial charge on any atom is 0.416 e. The fraction of sp³-hybridized carbons (Fsp3) is 0.235. The molecule has 1 aromatic heterocycles. The fourth-order valence-electron chi connectivity index (χ4n) is 2.15. The lowest BCUT2D eigenvalue weighted by atomic mass is 10.1. The molecule has 7 heteroatoms. The Kier molecular flexibility index (Phi) is 5.02. The van der Waals surface area contributed by atoms with Crippen molar-refractivity contribution >= 4 is 23.0 Å². The van der Waals surface area contributed by atoms with Crippen LogP contribution < -0.4 is 5.32 Å². The minimum absolute atomic E-state index is 0.230. The van der Waals surface area contributed by atoms with Gasteiger partial charge in [0.05, 0.1) is 23.1 Å². The summed E-state index contributed by atoms with van der Waals surface area (Å²) in [6, 6.07) is 5.07. The zero-order valence-electron chi connectivity index (χ0n) is 13.4. The summed E-state index contributed by atoms with van der Waals surface area (Å²) in [7, 11) is 0. The van der Waals surface area contributed by atoms with Crippen LogP contribution in [0.4, 0.5) is 24.5 Å². The number of nitrogens with zero attached hydrogens (tertiary/aromatic N) is 2. The number of alkyl halides is 3. The van der Waals surface area contributed by atoms with Crippen molar-refractivity contribution in [3.05, 3.63) is 53.3 Å². The van der Waals surface area contributed by atoms with E-state index in [0.29, 0.717) is 22.5 Å². The van der Waals surface area contributed by atoms with Gasteiger partial charge >= 0.3 is 6.18 Å². The summed E-state index contributed by atoms with van der Waals surface area (Å²) in [5.74, 6) is -0.271. The predicted octanol–water partition coefficient (Wildman–Crippen LogP) is 4.51. The van der Waals surface area contributed by atoms with Crippen LogP contribution in [-0.2, 0) is 11.0 Å². The molecular weight excluding hydrogens is 319 g/mol. The lowest BCUT2D eigenvalue weighted by Gasteiger charge is -2.11. The van der Waals surface area contributed by atoms with Gasteiger partial charge in [-0.25, -0.2) is 0 Å². The molecule has 126 valence electrons. The average Bonchev–Trinajstić information content (AvgIpc) is 2.48. The highest BCUT2D eigenvalue weighted by atomic mass is 19.4. The van der Waals surface area contributed by atoms with Crippen molar-refractivity contribution in [1.82, 2.24) is 4.98 Å². The first kappa shape index (κ1) is 17.7. The van der Waals surface area contributed by atoms with Gasteiger partial charge in [0, 0.05) is 24.4 Å². The van der Waals surface area contributed by atoms with E-state index in [-0.39, 0.29) is 11.6 Å². The lowest BCUT2D eigenvalue weighted by Crippen LogP contribution is -2.10. The number of carbonyl (C=O) groups excluding carboxylic acids is 1. The first-order valence-electron chi connectivity index (χ1n) is 7.13. The molecule has 0 radical (unpaired) electrons. The first-order valence-corrected chi connectivity index (χ1v) is 7.13. The van der Waals surface area contributed by atoms with E-state index < -0.39 is 11.7 Å². The minimum Gasteiger partial charge on any atom is -0.324 e. The van der Waals surface area contributed by atoms with E-state index in [9.17, 15) is 18.0 Å². The van der Waals surface area contributed by atoms with Crippen molar-refractivity contribution < 1.29 is 18.0 Å². The van der Waals surface area contributed by atoms with Crippen molar-refractivity contribution in [2.75, 3.05) is 5.32 Å². The van der Waals surface area contributed by atoms with Crippen molar-refractivity contribution in [1.29, 1.82) is 0 Å². The standard InChI is InChI=1S/C17H16F3N3O/c1-10-4-5-13(17(18,19)20)8-15(10)22-11(2)14-6-7-21-9-16(14)23-12(3)24/h4-9H,1-3H3,(H,23,24)/b22-11+. The summed E-state index contributed by atoms with van der Waals surface area (Å²) in [6.45, 7) is 4.72. The Morgan fingerprint density at radius 3 is 2.54 bits per heavy atom. The number of benzene rings is 1. The molecule has 0 spiro atoms. The molecule has 2 aromatic rings. The summed E-state index contributed by atoms with van der Waals surface area (Å²) >= 11 is 0. The summed E-state index contributed by atoms with van der Waals surface area (Å²) in [6.07, 6.45) is -1.43. The minimum atomic E-state index is -4.43. The highest BCUT2D eigenvalue weighted by Crippen LogP contribution is 2.33. The van der Waals surface area contributed by atoms with E-state index in [0.717, 1.165) is 12.1 Å². The lowest BCUT2D eigenvalue weighted by molar-refractivity contribution is -0.137. The Bertz CT molecular complexity index is 798. The summed E-state index contributed by atoms with van der Waals surface area (Å²) in [5, 5.41) is 2.63. The Hall–Kier alpha value is -2.70. The van der Waals surface area contributed by atoms with Crippen LogP contribution in [0, 0.1) is 6.92 Å². The van der Waals surface area contributed by atoms with Gasteiger partial charge in [-0.05, 0) is 37.6 Å². The smallest absolute Gasteiger partial charge is 0.324 e. The summed E-state index contributed by atoms with van der Waals surface area (Å²) in [5.41, 5.74) is 1.62. The number of pyridine rings is 1. The molecule has 0 aliphatic rings. The molecule has 0 fully saturated rings. The molecule has 0 unspecified atom stereocenters. The molecule has 0 aliphatic heterocycles. The van der Waals surface area contributed by atoms with E-state index in [1.807, 2.05) is 0 Å². The number of aromatic nitrogens is 1. The number of aliphatic imine (C=N–C) groups is 1. The number of rotatable bonds is 3. The van der Waals surface area contributed by atoms with Gasteiger partial charge in [-0.3, -0.25) is 14.8 Å². The number of nitrogens with one attached hydrogen (secondary N) is 1. The molecule has 0 saturated heterocycles. The van der Waals surface area contributed by atoms with Crippen LogP contribution >= 0.6 is 0 Å². The Balaban J connectivity index is 2.47. The number of anilines is 1. The Morgan fingerprint density at radius 2 is 1.92 bits per heavy atom. The van der Waals surface area contributed by atoms with E-state index in [1.54, 1.807) is 19.9 Å². The SMILES string of the molecule is CC(=O)Nc1cnccc1/C(C)=N/c1cc(C(F)(F)F)ccc1C. The third kappa shape index (κ3) is 4.18. The molecule has 4 nitrogen and oxygen atoms in total. The normalized spacial score (nSPS) is 12.2. The van der Waals surface area contributed by atoms with Gasteiger partial charge in [0.2, 0.25) is 5.91 Å². The van der Waals surface area contributed by atoms with Crippen LogP contribution in [-0.4, -0.2) is 16.6 Å². The molecule has 0 saturated carbocycles. The number of aryl methyl sites for hydroxylation is 1. The van der Waals surface area contributed by atoms with E-state index in [4.69, 9.17) is 0 Å². The first-order chi connectivity index (χ1) is 11.2.